The van der Waals surface area contributed by atoms with E-state index in [1.165, 1.54) is 18.2 Å². The maximum atomic E-state index is 13.1. The first-order valence-electron chi connectivity index (χ1n) is 8.61. The molecule has 0 aromatic heterocycles. The van der Waals surface area contributed by atoms with Crippen LogP contribution in [-0.2, 0) is 19.1 Å². The summed E-state index contributed by atoms with van der Waals surface area (Å²) < 4.78 is 10.2. The molecular weight excluding hydrogens is 392 g/mol. The van der Waals surface area contributed by atoms with Gasteiger partial charge in [0.05, 0.1) is 18.2 Å². The first-order valence-corrected chi connectivity index (χ1v) is 8.99. The number of imide groups is 1. The highest BCUT2D eigenvalue weighted by atomic mass is 35.5. The number of anilines is 1. The number of amides is 2. The molecule has 2 atom stereocenters. The van der Waals surface area contributed by atoms with Gasteiger partial charge < -0.3 is 9.47 Å². The SMILES string of the molecule is CCOC(=O)[C@@H](C[N+](=O)[O-])[C@@H]1C(=O)N(C(=O)OC(C)(C)C)c2cc(Cl)ccc21. The quantitative estimate of drug-likeness (QED) is 0.414. The molecule has 0 unspecified atom stereocenters. The Kier molecular flexibility index (Phi) is 6.28. The molecule has 9 nitrogen and oxygen atoms in total. The van der Waals surface area contributed by atoms with Crippen LogP contribution in [0.15, 0.2) is 18.2 Å². The van der Waals surface area contributed by atoms with Crippen molar-refractivity contribution in [1.82, 2.24) is 0 Å². The van der Waals surface area contributed by atoms with Gasteiger partial charge in [0.1, 0.15) is 11.5 Å². The van der Waals surface area contributed by atoms with Crippen LogP contribution in [0.25, 0.3) is 0 Å². The molecule has 0 saturated carbocycles. The van der Waals surface area contributed by atoms with Gasteiger partial charge in [0, 0.05) is 9.95 Å². The Morgan fingerprint density at radius 1 is 1.36 bits per heavy atom. The smallest absolute Gasteiger partial charge is 0.421 e. The molecule has 1 aromatic rings. The highest BCUT2D eigenvalue weighted by Crippen LogP contribution is 2.43. The molecular formula is C18H21ClN2O7. The molecule has 0 N–H and O–H groups in total. The zero-order valence-corrected chi connectivity index (χ0v) is 16.7. The maximum Gasteiger partial charge on any atom is 0.421 e. The summed E-state index contributed by atoms with van der Waals surface area (Å²) in [6.07, 6.45) is -0.952. The van der Waals surface area contributed by atoms with Crippen LogP contribution in [0.1, 0.15) is 39.2 Å². The van der Waals surface area contributed by atoms with Gasteiger partial charge in [-0.2, -0.15) is 0 Å². The topological polar surface area (TPSA) is 116 Å². The van der Waals surface area contributed by atoms with Gasteiger partial charge in [0.25, 0.3) is 0 Å². The Morgan fingerprint density at radius 3 is 2.54 bits per heavy atom. The lowest BCUT2D eigenvalue weighted by molar-refractivity contribution is -0.486. The van der Waals surface area contributed by atoms with Gasteiger partial charge in [-0.25, -0.2) is 9.69 Å². The summed E-state index contributed by atoms with van der Waals surface area (Å²) >= 11 is 6.01. The van der Waals surface area contributed by atoms with E-state index in [0.29, 0.717) is 0 Å². The van der Waals surface area contributed by atoms with Crippen molar-refractivity contribution in [3.63, 3.8) is 0 Å². The fourth-order valence-corrected chi connectivity index (χ4v) is 3.14. The molecule has 2 rings (SSSR count). The number of rotatable bonds is 5. The average Bonchev–Trinajstić information content (AvgIpc) is 2.82. The van der Waals surface area contributed by atoms with Crippen LogP contribution in [0.4, 0.5) is 10.5 Å². The second-order valence-electron chi connectivity index (χ2n) is 7.21. The predicted octanol–water partition coefficient (Wildman–Crippen LogP) is 3.16. The molecule has 0 aliphatic carbocycles. The number of carbonyl (C=O) groups is 3. The zero-order valence-electron chi connectivity index (χ0n) is 15.9. The van der Waals surface area contributed by atoms with Crippen molar-refractivity contribution in [2.45, 2.75) is 39.2 Å². The van der Waals surface area contributed by atoms with Gasteiger partial charge >= 0.3 is 12.1 Å². The molecule has 10 heteroatoms. The molecule has 0 bridgehead atoms. The van der Waals surface area contributed by atoms with Gasteiger partial charge in [0.15, 0.2) is 0 Å². The highest BCUT2D eigenvalue weighted by Gasteiger charge is 2.50. The number of hydrogen-bond donors (Lipinski definition) is 0. The third kappa shape index (κ3) is 4.59. The first kappa shape index (κ1) is 21.6. The second kappa shape index (κ2) is 8.14. The Balaban J connectivity index is 2.54. The zero-order chi connectivity index (χ0) is 21.2. The summed E-state index contributed by atoms with van der Waals surface area (Å²) in [6, 6.07) is 4.33. The van der Waals surface area contributed by atoms with Crippen molar-refractivity contribution >= 4 is 35.3 Å². The number of nitro groups is 1. The van der Waals surface area contributed by atoms with Crippen molar-refractivity contribution in [3.05, 3.63) is 38.9 Å². The average molecular weight is 413 g/mol. The van der Waals surface area contributed by atoms with Gasteiger partial charge in [-0.1, -0.05) is 17.7 Å². The number of esters is 1. The molecule has 2 amide bonds. The number of ether oxygens (including phenoxy) is 2. The van der Waals surface area contributed by atoms with Gasteiger partial charge in [-0.15, -0.1) is 0 Å². The van der Waals surface area contributed by atoms with Gasteiger partial charge in [-0.05, 0) is 45.4 Å². The minimum Gasteiger partial charge on any atom is -0.466 e. The lowest BCUT2D eigenvalue weighted by Gasteiger charge is -2.24. The first-order chi connectivity index (χ1) is 13.0. The van der Waals surface area contributed by atoms with Crippen LogP contribution >= 0.6 is 11.6 Å². The van der Waals surface area contributed by atoms with Crippen molar-refractivity contribution < 1.29 is 28.8 Å². The Labute approximate surface area is 166 Å². The fourth-order valence-electron chi connectivity index (χ4n) is 2.97. The number of benzene rings is 1. The van der Waals surface area contributed by atoms with E-state index >= 15 is 0 Å². The van der Waals surface area contributed by atoms with E-state index in [1.807, 2.05) is 0 Å². The van der Waals surface area contributed by atoms with Crippen molar-refractivity contribution in [2.75, 3.05) is 18.1 Å². The van der Waals surface area contributed by atoms with E-state index in [2.05, 4.69) is 0 Å². The minimum atomic E-state index is -1.39. The Bertz CT molecular complexity index is 819. The van der Waals surface area contributed by atoms with Crippen LogP contribution in [-0.4, -0.2) is 41.6 Å². The Morgan fingerprint density at radius 2 is 2.00 bits per heavy atom. The fraction of sp³-hybridized carbons (Fsp3) is 0.500. The third-order valence-electron chi connectivity index (χ3n) is 3.97. The molecule has 28 heavy (non-hydrogen) atoms. The molecule has 1 heterocycles. The van der Waals surface area contributed by atoms with Crippen LogP contribution in [0.5, 0.6) is 0 Å². The summed E-state index contributed by atoms with van der Waals surface area (Å²) in [4.78, 5) is 49.2. The maximum absolute atomic E-state index is 13.1. The molecule has 1 aliphatic heterocycles. The minimum absolute atomic E-state index is 0.00276. The van der Waals surface area contributed by atoms with Crippen molar-refractivity contribution in [3.8, 4) is 0 Å². The molecule has 0 radical (unpaired) electrons. The van der Waals surface area contributed by atoms with Gasteiger partial charge in [-0.3, -0.25) is 19.7 Å². The molecule has 1 aromatic carbocycles. The van der Waals surface area contributed by atoms with E-state index < -0.39 is 46.9 Å². The highest BCUT2D eigenvalue weighted by molar-refractivity contribution is 6.31. The standard InChI is InChI=1S/C18H21ClN2O7/c1-5-27-16(23)12(9-20(25)26)14-11-7-6-10(19)8-13(11)21(15(14)22)17(24)28-18(2,3)4/h6-8,12,14H,5,9H2,1-4H3/t12-,14+/m0/s1. The summed E-state index contributed by atoms with van der Waals surface area (Å²) in [5, 5.41) is 11.4. The van der Waals surface area contributed by atoms with Gasteiger partial charge in [0.2, 0.25) is 12.5 Å². The summed E-state index contributed by atoms with van der Waals surface area (Å²) in [5.41, 5.74) is -0.468. The summed E-state index contributed by atoms with van der Waals surface area (Å²) in [6.45, 7) is 5.64. The molecule has 0 saturated heterocycles. The van der Waals surface area contributed by atoms with Crippen LogP contribution in [0, 0.1) is 16.0 Å². The number of nitrogens with zero attached hydrogens (tertiary/aromatic N) is 2. The summed E-state index contributed by atoms with van der Waals surface area (Å²) in [5.74, 6) is -4.34. The van der Waals surface area contributed by atoms with Crippen LogP contribution < -0.4 is 4.90 Å². The van der Waals surface area contributed by atoms with E-state index in [-0.39, 0.29) is 22.9 Å². The van der Waals surface area contributed by atoms with Crippen molar-refractivity contribution in [2.24, 2.45) is 5.92 Å². The predicted molar refractivity (Wildman–Crippen MR) is 99.9 cm³/mol. The van der Waals surface area contributed by atoms with Crippen LogP contribution in [0.2, 0.25) is 5.02 Å². The molecule has 0 spiro atoms. The van der Waals surface area contributed by atoms with Crippen molar-refractivity contribution in [1.29, 1.82) is 0 Å². The number of fused-ring (bicyclic) bond motifs is 1. The van der Waals surface area contributed by atoms with E-state index in [9.17, 15) is 24.5 Å². The lowest BCUT2D eigenvalue weighted by atomic mass is 9.87. The molecule has 1 aliphatic rings. The van der Waals surface area contributed by atoms with E-state index in [0.717, 1.165) is 4.90 Å². The lowest BCUT2D eigenvalue weighted by Crippen LogP contribution is -2.42. The monoisotopic (exact) mass is 412 g/mol. The normalized spacial score (nSPS) is 17.1. The second-order valence-corrected chi connectivity index (χ2v) is 7.65. The Hall–Kier alpha value is -2.68. The third-order valence-corrected chi connectivity index (χ3v) is 4.20. The molecule has 0 fully saturated rings. The van der Waals surface area contributed by atoms with E-state index in [4.69, 9.17) is 21.1 Å². The molecule has 152 valence electrons. The van der Waals surface area contributed by atoms with Crippen LogP contribution in [0.3, 0.4) is 0 Å². The number of halogens is 1. The number of carbonyl (C=O) groups excluding carboxylic acids is 3. The summed E-state index contributed by atoms with van der Waals surface area (Å²) in [7, 11) is 0. The van der Waals surface area contributed by atoms with E-state index in [1.54, 1.807) is 27.7 Å². The largest absolute Gasteiger partial charge is 0.466 e. The number of hydrogen-bond acceptors (Lipinski definition) is 7.